The van der Waals surface area contributed by atoms with Gasteiger partial charge < -0.3 is 24.1 Å². The Morgan fingerprint density at radius 1 is 1.03 bits per heavy atom. The van der Waals surface area contributed by atoms with Crippen molar-refractivity contribution in [1.29, 1.82) is 0 Å². The van der Waals surface area contributed by atoms with Crippen LogP contribution in [0.3, 0.4) is 0 Å². The Bertz CT molecular complexity index is 1160. The summed E-state index contributed by atoms with van der Waals surface area (Å²) in [5, 5.41) is 4.54. The molecule has 1 amide bonds. The van der Waals surface area contributed by atoms with Crippen LogP contribution in [0.15, 0.2) is 52.9 Å². The van der Waals surface area contributed by atoms with E-state index in [9.17, 15) is 9.18 Å². The third-order valence-corrected chi connectivity index (χ3v) is 6.90. The zero-order valence-electron chi connectivity index (χ0n) is 22.9. The van der Waals surface area contributed by atoms with Crippen molar-refractivity contribution in [2.45, 2.75) is 65.0 Å². The second-order valence-corrected chi connectivity index (χ2v) is 11.2. The van der Waals surface area contributed by atoms with Crippen molar-refractivity contribution in [2.24, 2.45) is 5.92 Å². The Labute approximate surface area is 225 Å². The van der Waals surface area contributed by atoms with Crippen LogP contribution in [0.1, 0.15) is 56.9 Å². The van der Waals surface area contributed by atoms with Gasteiger partial charge in [0.2, 0.25) is 0 Å². The van der Waals surface area contributed by atoms with Gasteiger partial charge in [0, 0.05) is 44.6 Å². The van der Waals surface area contributed by atoms with Crippen molar-refractivity contribution in [1.82, 2.24) is 10.2 Å². The zero-order chi connectivity index (χ0) is 27.0. The number of nitrogens with one attached hydrogen (secondary N) is 1. The molecule has 0 aliphatic carbocycles. The van der Waals surface area contributed by atoms with Gasteiger partial charge in [0.1, 0.15) is 22.8 Å². The van der Waals surface area contributed by atoms with E-state index in [0.29, 0.717) is 12.5 Å². The van der Waals surface area contributed by atoms with E-state index in [1.165, 1.54) is 17.7 Å². The SMILES string of the molecule is CC(C)(C)OC(=O)N1CCC(CCOCCNCc2ccc3cc(CCc4ccc(F)cc4)oc3c2)CC1. The lowest BCUT2D eigenvalue weighted by atomic mass is 9.94. The van der Waals surface area contributed by atoms with E-state index in [4.69, 9.17) is 13.9 Å². The number of benzene rings is 2. The van der Waals surface area contributed by atoms with Crippen LogP contribution in [-0.4, -0.2) is 49.4 Å². The first-order valence-electron chi connectivity index (χ1n) is 13.8. The van der Waals surface area contributed by atoms with Crippen LogP contribution in [-0.2, 0) is 28.9 Å². The number of carbonyl (C=O) groups excluding carboxylic acids is 1. The number of nitrogens with zero attached hydrogens (tertiary/aromatic N) is 1. The summed E-state index contributed by atoms with van der Waals surface area (Å²) in [6.07, 6.45) is 4.44. The minimum atomic E-state index is -0.446. The van der Waals surface area contributed by atoms with Crippen LogP contribution in [0.2, 0.25) is 0 Å². The second kappa shape index (κ2) is 13.3. The molecule has 2 aromatic carbocycles. The third kappa shape index (κ3) is 8.84. The van der Waals surface area contributed by atoms with E-state index in [1.54, 1.807) is 0 Å². The van der Waals surface area contributed by atoms with E-state index in [2.05, 4.69) is 29.6 Å². The van der Waals surface area contributed by atoms with Gasteiger partial charge in [-0.3, -0.25) is 0 Å². The van der Waals surface area contributed by atoms with Crippen LogP contribution in [0.4, 0.5) is 9.18 Å². The van der Waals surface area contributed by atoms with Gasteiger partial charge in [0.15, 0.2) is 0 Å². The van der Waals surface area contributed by atoms with Gasteiger partial charge in [-0.2, -0.15) is 0 Å². The number of carbonyl (C=O) groups is 1. The molecule has 1 fully saturated rings. The topological polar surface area (TPSA) is 63.9 Å². The lowest BCUT2D eigenvalue weighted by Gasteiger charge is -2.33. The first-order chi connectivity index (χ1) is 18.2. The molecule has 206 valence electrons. The molecule has 0 bridgehead atoms. The fourth-order valence-electron chi connectivity index (χ4n) is 4.74. The molecule has 38 heavy (non-hydrogen) atoms. The molecule has 2 heterocycles. The molecule has 4 rings (SSSR count). The van der Waals surface area contributed by atoms with Crippen molar-refractivity contribution in [3.63, 3.8) is 0 Å². The third-order valence-electron chi connectivity index (χ3n) is 6.90. The van der Waals surface area contributed by atoms with Gasteiger partial charge >= 0.3 is 6.09 Å². The van der Waals surface area contributed by atoms with Crippen LogP contribution in [0, 0.1) is 11.7 Å². The molecular formula is C31H41FN2O4. The summed E-state index contributed by atoms with van der Waals surface area (Å²) in [4.78, 5) is 14.0. The maximum absolute atomic E-state index is 13.1. The number of piperidine rings is 1. The van der Waals surface area contributed by atoms with E-state index in [-0.39, 0.29) is 11.9 Å². The van der Waals surface area contributed by atoms with Gasteiger partial charge in [-0.25, -0.2) is 9.18 Å². The first-order valence-corrected chi connectivity index (χ1v) is 13.8. The van der Waals surface area contributed by atoms with Crippen LogP contribution < -0.4 is 5.32 Å². The number of ether oxygens (including phenoxy) is 2. The summed E-state index contributed by atoms with van der Waals surface area (Å²) in [5.41, 5.74) is 2.72. The molecule has 6 nitrogen and oxygen atoms in total. The summed E-state index contributed by atoms with van der Waals surface area (Å²) >= 11 is 0. The monoisotopic (exact) mass is 524 g/mol. The lowest BCUT2D eigenvalue weighted by Crippen LogP contribution is -2.41. The fourth-order valence-corrected chi connectivity index (χ4v) is 4.74. The number of hydrogen-bond acceptors (Lipinski definition) is 5. The zero-order valence-corrected chi connectivity index (χ0v) is 22.9. The van der Waals surface area contributed by atoms with Crippen molar-refractivity contribution in [3.8, 4) is 0 Å². The van der Waals surface area contributed by atoms with Crippen LogP contribution >= 0.6 is 0 Å². The van der Waals surface area contributed by atoms with E-state index in [1.807, 2.05) is 37.8 Å². The fraction of sp³-hybridized carbons (Fsp3) is 0.516. The summed E-state index contributed by atoms with van der Waals surface area (Å²) in [6, 6.07) is 15.0. The Hall–Kier alpha value is -2.90. The highest BCUT2D eigenvalue weighted by Crippen LogP contribution is 2.23. The molecule has 7 heteroatoms. The molecular weight excluding hydrogens is 483 g/mol. The molecule has 3 aromatic rings. The molecule has 0 saturated carbocycles. The molecule has 1 aliphatic rings. The highest BCUT2D eigenvalue weighted by molar-refractivity contribution is 5.78. The Balaban J connectivity index is 1.08. The van der Waals surface area contributed by atoms with E-state index < -0.39 is 5.60 Å². The molecule has 1 saturated heterocycles. The number of rotatable bonds is 11. The smallest absolute Gasteiger partial charge is 0.410 e. The minimum Gasteiger partial charge on any atom is -0.461 e. The lowest BCUT2D eigenvalue weighted by molar-refractivity contribution is 0.0167. The standard InChI is InChI=1S/C31H41FN2O4/c1-31(2,3)38-30(35)34-16-12-24(13-17-34)14-18-36-19-15-33-22-25-4-8-26-21-28(37-29(26)20-25)11-7-23-5-9-27(32)10-6-23/h4-6,8-10,20-21,24,33H,7,11-19,22H2,1-3H3. The Morgan fingerprint density at radius 2 is 1.76 bits per heavy atom. The predicted octanol–water partition coefficient (Wildman–Crippen LogP) is 6.50. The van der Waals surface area contributed by atoms with Crippen LogP contribution in [0.25, 0.3) is 11.0 Å². The summed E-state index contributed by atoms with van der Waals surface area (Å²) in [5.74, 6) is 1.33. The summed E-state index contributed by atoms with van der Waals surface area (Å²) < 4.78 is 30.5. The van der Waals surface area contributed by atoms with E-state index in [0.717, 1.165) is 87.2 Å². The molecule has 1 aromatic heterocycles. The van der Waals surface area contributed by atoms with Crippen molar-refractivity contribution in [2.75, 3.05) is 32.8 Å². The van der Waals surface area contributed by atoms with Crippen molar-refractivity contribution in [3.05, 3.63) is 71.2 Å². The Kier molecular flexibility index (Phi) is 9.80. The molecule has 0 unspecified atom stereocenters. The van der Waals surface area contributed by atoms with Crippen molar-refractivity contribution >= 4 is 17.1 Å². The number of amides is 1. The van der Waals surface area contributed by atoms with Gasteiger partial charge in [0.25, 0.3) is 0 Å². The number of likely N-dealkylation sites (tertiary alicyclic amines) is 1. The number of furan rings is 1. The molecule has 0 radical (unpaired) electrons. The molecule has 0 atom stereocenters. The molecule has 1 N–H and O–H groups in total. The maximum Gasteiger partial charge on any atom is 0.410 e. The highest BCUT2D eigenvalue weighted by atomic mass is 19.1. The number of halogens is 1. The summed E-state index contributed by atoms with van der Waals surface area (Å²) in [7, 11) is 0. The quantitative estimate of drug-likeness (QED) is 0.290. The average Bonchev–Trinajstić information content (AvgIpc) is 3.29. The number of fused-ring (bicyclic) bond motifs is 1. The normalized spacial score (nSPS) is 14.8. The van der Waals surface area contributed by atoms with E-state index >= 15 is 0 Å². The van der Waals surface area contributed by atoms with Crippen molar-refractivity contribution < 1.29 is 23.1 Å². The van der Waals surface area contributed by atoms with Gasteiger partial charge in [-0.15, -0.1) is 0 Å². The Morgan fingerprint density at radius 3 is 2.50 bits per heavy atom. The van der Waals surface area contributed by atoms with Gasteiger partial charge in [-0.1, -0.05) is 24.3 Å². The largest absolute Gasteiger partial charge is 0.461 e. The highest BCUT2D eigenvalue weighted by Gasteiger charge is 2.26. The maximum atomic E-state index is 13.1. The van der Waals surface area contributed by atoms with Gasteiger partial charge in [-0.05, 0) is 87.8 Å². The second-order valence-electron chi connectivity index (χ2n) is 11.2. The average molecular weight is 525 g/mol. The summed E-state index contributed by atoms with van der Waals surface area (Å²) in [6.45, 7) is 10.2. The molecule has 1 aliphatic heterocycles. The first kappa shape index (κ1) is 28.1. The number of aryl methyl sites for hydroxylation is 2. The number of hydrogen-bond donors (Lipinski definition) is 1. The van der Waals surface area contributed by atoms with Gasteiger partial charge in [0.05, 0.1) is 6.61 Å². The molecule has 0 spiro atoms. The minimum absolute atomic E-state index is 0.202. The van der Waals surface area contributed by atoms with Crippen LogP contribution in [0.5, 0.6) is 0 Å². The predicted molar refractivity (Wildman–Crippen MR) is 148 cm³/mol.